The lowest BCUT2D eigenvalue weighted by atomic mass is 10.1. The molecule has 0 saturated carbocycles. The zero-order valence-corrected chi connectivity index (χ0v) is 12.7. The molecule has 3 rings (SSSR count). The topological polar surface area (TPSA) is 49.7 Å². The van der Waals surface area contributed by atoms with Gasteiger partial charge in [0.25, 0.3) is 0 Å². The van der Waals surface area contributed by atoms with Gasteiger partial charge in [-0.25, -0.2) is 4.98 Å². The van der Waals surface area contributed by atoms with Gasteiger partial charge >= 0.3 is 0 Å². The molecule has 0 radical (unpaired) electrons. The van der Waals surface area contributed by atoms with Crippen LogP contribution in [0.4, 0.5) is 5.13 Å². The lowest BCUT2D eigenvalue weighted by molar-refractivity contribution is 0.484. The molecule has 7 heteroatoms. The first-order chi connectivity index (χ1) is 9.16. The molecule has 3 heterocycles. The third kappa shape index (κ3) is 2.32. The van der Waals surface area contributed by atoms with Gasteiger partial charge in [-0.05, 0) is 38.4 Å². The van der Waals surface area contributed by atoms with Gasteiger partial charge < -0.3 is 9.47 Å². The van der Waals surface area contributed by atoms with Crippen molar-refractivity contribution in [2.24, 2.45) is 7.05 Å². The molecule has 1 aliphatic heterocycles. The quantitative estimate of drug-likeness (QED) is 0.865. The van der Waals surface area contributed by atoms with Crippen molar-refractivity contribution >= 4 is 28.7 Å². The lowest BCUT2D eigenvalue weighted by Gasteiger charge is -2.33. The van der Waals surface area contributed by atoms with Gasteiger partial charge in [0.1, 0.15) is 5.69 Å². The summed E-state index contributed by atoms with van der Waals surface area (Å²) in [5.74, 6) is 0.803. The van der Waals surface area contributed by atoms with Crippen LogP contribution in [0.15, 0.2) is 5.38 Å². The first-order valence-electron chi connectivity index (χ1n) is 6.51. The molecule has 1 N–H and O–H groups in total. The maximum atomic E-state index is 5.13. The maximum absolute atomic E-state index is 5.13. The van der Waals surface area contributed by atoms with Crippen LogP contribution in [0.1, 0.15) is 26.2 Å². The average Bonchev–Trinajstić information content (AvgIpc) is 2.99. The van der Waals surface area contributed by atoms with Crippen molar-refractivity contribution in [2.45, 2.75) is 32.2 Å². The standard InChI is InChI=1S/C12H17N5S2/c1-8-5-3-4-6-17(8)12-13-9(7-19-12)10-14-15-11(18)16(10)2/h7-8H,3-6H2,1-2H3,(H,15,18). The van der Waals surface area contributed by atoms with Crippen LogP contribution in [-0.2, 0) is 7.05 Å². The van der Waals surface area contributed by atoms with Crippen LogP contribution in [0.2, 0.25) is 0 Å². The van der Waals surface area contributed by atoms with Crippen LogP contribution in [0, 0.1) is 4.77 Å². The molecule has 1 saturated heterocycles. The number of thiazole rings is 1. The van der Waals surface area contributed by atoms with Gasteiger partial charge in [-0.2, -0.15) is 5.10 Å². The fourth-order valence-electron chi connectivity index (χ4n) is 2.46. The van der Waals surface area contributed by atoms with Crippen molar-refractivity contribution < 1.29 is 0 Å². The number of hydrogen-bond acceptors (Lipinski definition) is 5. The van der Waals surface area contributed by atoms with Gasteiger partial charge in [0, 0.05) is 25.0 Å². The van der Waals surface area contributed by atoms with Crippen molar-refractivity contribution in [1.29, 1.82) is 0 Å². The molecule has 0 aromatic carbocycles. The molecule has 5 nitrogen and oxygen atoms in total. The minimum atomic E-state index is 0.579. The van der Waals surface area contributed by atoms with Gasteiger partial charge in [-0.15, -0.1) is 11.3 Å². The van der Waals surface area contributed by atoms with E-state index in [2.05, 4.69) is 27.4 Å². The second-order valence-electron chi connectivity index (χ2n) is 4.96. The molecule has 2 aromatic heterocycles. The Balaban J connectivity index is 1.91. The van der Waals surface area contributed by atoms with E-state index in [0.29, 0.717) is 10.8 Å². The third-order valence-electron chi connectivity index (χ3n) is 3.65. The minimum Gasteiger partial charge on any atom is -0.345 e. The molecule has 1 fully saturated rings. The highest BCUT2D eigenvalue weighted by atomic mass is 32.1. The Labute approximate surface area is 121 Å². The fraction of sp³-hybridized carbons (Fsp3) is 0.583. The second kappa shape index (κ2) is 5.05. The summed E-state index contributed by atoms with van der Waals surface area (Å²) in [7, 11) is 1.91. The van der Waals surface area contributed by atoms with Crippen molar-refractivity contribution in [2.75, 3.05) is 11.4 Å². The molecule has 2 aromatic rings. The molecule has 0 aliphatic carbocycles. The molecule has 1 aliphatic rings. The molecule has 102 valence electrons. The largest absolute Gasteiger partial charge is 0.345 e. The van der Waals surface area contributed by atoms with Crippen LogP contribution >= 0.6 is 23.6 Å². The van der Waals surface area contributed by atoms with Crippen molar-refractivity contribution in [1.82, 2.24) is 19.7 Å². The van der Waals surface area contributed by atoms with Gasteiger partial charge in [0.15, 0.2) is 15.7 Å². The normalized spacial score (nSPS) is 19.9. The van der Waals surface area contributed by atoms with Crippen molar-refractivity contribution in [3.8, 4) is 11.5 Å². The Kier molecular flexibility index (Phi) is 3.40. The Morgan fingerprint density at radius 2 is 2.32 bits per heavy atom. The van der Waals surface area contributed by atoms with Gasteiger partial charge in [0.2, 0.25) is 0 Å². The smallest absolute Gasteiger partial charge is 0.195 e. The number of nitrogens with one attached hydrogen (secondary N) is 1. The van der Waals surface area contributed by atoms with Gasteiger partial charge in [0.05, 0.1) is 0 Å². The number of aromatic amines is 1. The van der Waals surface area contributed by atoms with Crippen LogP contribution in [0.25, 0.3) is 11.5 Å². The molecular formula is C12H17N5S2. The summed E-state index contributed by atoms with van der Waals surface area (Å²) in [5, 5.41) is 10.2. The molecule has 19 heavy (non-hydrogen) atoms. The number of hydrogen-bond donors (Lipinski definition) is 1. The highest BCUT2D eigenvalue weighted by molar-refractivity contribution is 7.71. The van der Waals surface area contributed by atoms with Crippen molar-refractivity contribution in [3.05, 3.63) is 10.2 Å². The maximum Gasteiger partial charge on any atom is 0.195 e. The van der Waals surface area contributed by atoms with Crippen molar-refractivity contribution in [3.63, 3.8) is 0 Å². The summed E-state index contributed by atoms with van der Waals surface area (Å²) < 4.78 is 2.48. The van der Waals surface area contributed by atoms with E-state index in [1.807, 2.05) is 11.6 Å². The number of rotatable bonds is 2. The van der Waals surface area contributed by atoms with Crippen LogP contribution < -0.4 is 4.90 Å². The molecule has 0 spiro atoms. The van der Waals surface area contributed by atoms with E-state index in [0.717, 1.165) is 23.2 Å². The third-order valence-corrected chi connectivity index (χ3v) is 4.89. The van der Waals surface area contributed by atoms with E-state index in [1.165, 1.54) is 19.3 Å². The number of aromatic nitrogens is 4. The SMILES string of the molecule is CC1CCCCN1c1nc(-c2n[nH]c(=S)n2C)cs1. The summed E-state index contributed by atoms with van der Waals surface area (Å²) in [4.78, 5) is 7.13. The molecule has 1 atom stereocenters. The van der Waals surface area contributed by atoms with Crippen LogP contribution in [0.5, 0.6) is 0 Å². The van der Waals surface area contributed by atoms with E-state index in [4.69, 9.17) is 17.2 Å². The van der Waals surface area contributed by atoms with Gasteiger partial charge in [-0.3, -0.25) is 5.10 Å². The highest BCUT2D eigenvalue weighted by Gasteiger charge is 2.22. The predicted molar refractivity (Wildman–Crippen MR) is 80.2 cm³/mol. The van der Waals surface area contributed by atoms with Crippen LogP contribution in [-0.4, -0.2) is 32.3 Å². The fourth-order valence-corrected chi connectivity index (χ4v) is 3.52. The summed E-state index contributed by atoms with van der Waals surface area (Å²) in [6.45, 7) is 3.38. The predicted octanol–water partition coefficient (Wildman–Crippen LogP) is 2.98. The minimum absolute atomic E-state index is 0.579. The molecular weight excluding hydrogens is 278 g/mol. The monoisotopic (exact) mass is 295 g/mol. The average molecular weight is 295 g/mol. The van der Waals surface area contributed by atoms with E-state index in [1.54, 1.807) is 11.3 Å². The number of piperidine rings is 1. The first kappa shape index (κ1) is 12.8. The Bertz CT molecular complexity index is 626. The van der Waals surface area contributed by atoms with E-state index in [-0.39, 0.29) is 0 Å². The first-order valence-corrected chi connectivity index (χ1v) is 7.79. The summed E-state index contributed by atoms with van der Waals surface area (Å²) in [6.07, 6.45) is 3.83. The summed E-state index contributed by atoms with van der Waals surface area (Å²) in [6, 6.07) is 0.579. The second-order valence-corrected chi connectivity index (χ2v) is 6.19. The summed E-state index contributed by atoms with van der Waals surface area (Å²) >= 11 is 6.82. The Morgan fingerprint density at radius 1 is 1.47 bits per heavy atom. The Hall–Kier alpha value is -1.21. The zero-order valence-electron chi connectivity index (χ0n) is 11.1. The van der Waals surface area contributed by atoms with E-state index < -0.39 is 0 Å². The Morgan fingerprint density at radius 3 is 3.00 bits per heavy atom. The zero-order chi connectivity index (χ0) is 13.4. The summed E-state index contributed by atoms with van der Waals surface area (Å²) in [5.41, 5.74) is 0.896. The van der Waals surface area contributed by atoms with E-state index >= 15 is 0 Å². The lowest BCUT2D eigenvalue weighted by Crippen LogP contribution is -2.37. The number of anilines is 1. The van der Waals surface area contributed by atoms with Gasteiger partial charge in [-0.1, -0.05) is 0 Å². The van der Waals surface area contributed by atoms with E-state index in [9.17, 15) is 0 Å². The van der Waals surface area contributed by atoms with Crippen LogP contribution in [0.3, 0.4) is 0 Å². The number of nitrogens with zero attached hydrogens (tertiary/aromatic N) is 4. The molecule has 0 bridgehead atoms. The molecule has 1 unspecified atom stereocenters. The number of H-pyrrole nitrogens is 1. The highest BCUT2D eigenvalue weighted by Crippen LogP contribution is 2.30. The molecule has 0 amide bonds.